The Bertz CT molecular complexity index is 448. The van der Waals surface area contributed by atoms with Crippen LogP contribution in [0.2, 0.25) is 0 Å². The second-order valence-electron chi connectivity index (χ2n) is 5.82. The molecule has 1 saturated carbocycles. The first-order chi connectivity index (χ1) is 9.03. The number of hydrogen-bond donors (Lipinski definition) is 2. The van der Waals surface area contributed by atoms with Crippen molar-refractivity contribution in [2.75, 3.05) is 17.7 Å². The van der Waals surface area contributed by atoms with E-state index in [9.17, 15) is 0 Å². The number of hydrogen-bond acceptors (Lipinski definition) is 4. The lowest BCUT2D eigenvalue weighted by atomic mass is 9.95. The summed E-state index contributed by atoms with van der Waals surface area (Å²) in [7, 11) is 1.93. The van der Waals surface area contributed by atoms with Gasteiger partial charge in [0.25, 0.3) is 0 Å². The van der Waals surface area contributed by atoms with Gasteiger partial charge >= 0.3 is 0 Å². The van der Waals surface area contributed by atoms with Crippen LogP contribution >= 0.6 is 0 Å². The SMILES string of the molecule is CCC(C)(CC)Nc1nc(C2CC2)nc(NC)c1C. The third kappa shape index (κ3) is 2.99. The van der Waals surface area contributed by atoms with E-state index in [0.717, 1.165) is 35.9 Å². The summed E-state index contributed by atoms with van der Waals surface area (Å²) in [5.74, 6) is 3.51. The molecule has 0 radical (unpaired) electrons. The second-order valence-corrected chi connectivity index (χ2v) is 5.82. The Morgan fingerprint density at radius 2 is 1.74 bits per heavy atom. The predicted octanol–water partition coefficient (Wildman–Crippen LogP) is 3.69. The number of aromatic nitrogens is 2. The lowest BCUT2D eigenvalue weighted by molar-refractivity contribution is 0.476. The topological polar surface area (TPSA) is 49.8 Å². The van der Waals surface area contributed by atoms with Gasteiger partial charge in [-0.2, -0.15) is 0 Å². The maximum Gasteiger partial charge on any atom is 0.136 e. The highest BCUT2D eigenvalue weighted by atomic mass is 15.1. The Morgan fingerprint density at radius 3 is 2.21 bits per heavy atom. The zero-order chi connectivity index (χ0) is 14.0. The molecular formula is C15H26N4. The third-order valence-corrected chi connectivity index (χ3v) is 4.32. The van der Waals surface area contributed by atoms with Crippen LogP contribution in [0.15, 0.2) is 0 Å². The van der Waals surface area contributed by atoms with Crippen LogP contribution in [-0.2, 0) is 0 Å². The average Bonchev–Trinajstić information content (AvgIpc) is 3.25. The fourth-order valence-corrected chi connectivity index (χ4v) is 2.14. The minimum Gasteiger partial charge on any atom is -0.373 e. The second kappa shape index (κ2) is 5.35. The number of anilines is 2. The molecule has 0 aliphatic heterocycles. The Kier molecular flexibility index (Phi) is 3.97. The van der Waals surface area contributed by atoms with Crippen LogP contribution in [0.25, 0.3) is 0 Å². The Balaban J connectivity index is 2.35. The Hall–Kier alpha value is -1.32. The molecule has 2 N–H and O–H groups in total. The van der Waals surface area contributed by atoms with Crippen molar-refractivity contribution in [3.63, 3.8) is 0 Å². The molecule has 0 saturated heterocycles. The molecule has 0 unspecified atom stereocenters. The largest absolute Gasteiger partial charge is 0.373 e. The maximum absolute atomic E-state index is 4.76. The molecule has 19 heavy (non-hydrogen) atoms. The minimum atomic E-state index is 0.102. The van der Waals surface area contributed by atoms with Crippen molar-refractivity contribution in [1.29, 1.82) is 0 Å². The monoisotopic (exact) mass is 262 g/mol. The van der Waals surface area contributed by atoms with E-state index >= 15 is 0 Å². The summed E-state index contributed by atoms with van der Waals surface area (Å²) in [5, 5.41) is 6.82. The molecule has 0 spiro atoms. The van der Waals surface area contributed by atoms with Gasteiger partial charge in [0.1, 0.15) is 17.5 Å². The van der Waals surface area contributed by atoms with Gasteiger partial charge in [-0.3, -0.25) is 0 Å². The van der Waals surface area contributed by atoms with Crippen molar-refractivity contribution >= 4 is 11.6 Å². The summed E-state index contributed by atoms with van der Waals surface area (Å²) in [6.45, 7) is 8.77. The minimum absolute atomic E-state index is 0.102. The summed E-state index contributed by atoms with van der Waals surface area (Å²) < 4.78 is 0. The third-order valence-electron chi connectivity index (χ3n) is 4.32. The van der Waals surface area contributed by atoms with Gasteiger partial charge in [-0.15, -0.1) is 0 Å². The highest BCUT2D eigenvalue weighted by Gasteiger charge is 2.29. The fraction of sp³-hybridized carbons (Fsp3) is 0.733. The van der Waals surface area contributed by atoms with Crippen LogP contribution in [0.5, 0.6) is 0 Å². The Labute approximate surface area is 116 Å². The van der Waals surface area contributed by atoms with E-state index in [1.54, 1.807) is 0 Å². The van der Waals surface area contributed by atoms with E-state index in [1.807, 2.05) is 7.05 Å². The molecule has 0 aromatic carbocycles. The van der Waals surface area contributed by atoms with Crippen molar-refractivity contribution in [2.24, 2.45) is 0 Å². The molecule has 4 nitrogen and oxygen atoms in total. The van der Waals surface area contributed by atoms with Gasteiger partial charge < -0.3 is 10.6 Å². The lowest BCUT2D eigenvalue weighted by Gasteiger charge is -2.30. The van der Waals surface area contributed by atoms with E-state index in [2.05, 4.69) is 43.3 Å². The summed E-state index contributed by atoms with van der Waals surface area (Å²) in [5.41, 5.74) is 1.21. The van der Waals surface area contributed by atoms with Gasteiger partial charge in [0.15, 0.2) is 0 Å². The Morgan fingerprint density at radius 1 is 1.16 bits per heavy atom. The molecular weight excluding hydrogens is 236 g/mol. The summed E-state index contributed by atoms with van der Waals surface area (Å²) in [4.78, 5) is 9.39. The predicted molar refractivity (Wildman–Crippen MR) is 80.9 cm³/mol. The van der Waals surface area contributed by atoms with Crippen LogP contribution in [0.1, 0.15) is 63.8 Å². The lowest BCUT2D eigenvalue weighted by Crippen LogP contribution is -2.34. The van der Waals surface area contributed by atoms with Crippen LogP contribution in [0.4, 0.5) is 11.6 Å². The summed E-state index contributed by atoms with van der Waals surface area (Å²) in [6, 6.07) is 0. The molecule has 1 aromatic heterocycles. The number of nitrogens with zero attached hydrogens (tertiary/aromatic N) is 2. The molecule has 1 aliphatic carbocycles. The van der Waals surface area contributed by atoms with Crippen LogP contribution in [0, 0.1) is 6.92 Å². The van der Waals surface area contributed by atoms with Gasteiger partial charge in [-0.25, -0.2) is 9.97 Å². The van der Waals surface area contributed by atoms with Crippen molar-refractivity contribution in [3.05, 3.63) is 11.4 Å². The van der Waals surface area contributed by atoms with Crippen molar-refractivity contribution in [2.45, 2.75) is 64.8 Å². The van der Waals surface area contributed by atoms with Gasteiger partial charge in [0.2, 0.25) is 0 Å². The first kappa shape index (κ1) is 14.1. The first-order valence-corrected chi connectivity index (χ1v) is 7.37. The van der Waals surface area contributed by atoms with E-state index < -0.39 is 0 Å². The number of rotatable bonds is 6. The van der Waals surface area contributed by atoms with E-state index in [-0.39, 0.29) is 5.54 Å². The summed E-state index contributed by atoms with van der Waals surface area (Å²) in [6.07, 6.45) is 4.62. The van der Waals surface area contributed by atoms with Crippen LogP contribution in [0.3, 0.4) is 0 Å². The molecule has 0 atom stereocenters. The molecule has 2 rings (SSSR count). The highest BCUT2D eigenvalue weighted by molar-refractivity contribution is 5.58. The molecule has 4 heteroatoms. The maximum atomic E-state index is 4.76. The van der Waals surface area contributed by atoms with Gasteiger partial charge in [-0.05, 0) is 39.5 Å². The molecule has 0 bridgehead atoms. The van der Waals surface area contributed by atoms with Crippen molar-refractivity contribution in [1.82, 2.24) is 9.97 Å². The van der Waals surface area contributed by atoms with Crippen LogP contribution < -0.4 is 10.6 Å². The molecule has 106 valence electrons. The molecule has 0 amide bonds. The van der Waals surface area contributed by atoms with E-state index in [4.69, 9.17) is 4.98 Å². The quantitative estimate of drug-likeness (QED) is 0.821. The van der Waals surface area contributed by atoms with Crippen molar-refractivity contribution in [3.8, 4) is 0 Å². The van der Waals surface area contributed by atoms with Gasteiger partial charge in [0, 0.05) is 24.1 Å². The summed E-state index contributed by atoms with van der Waals surface area (Å²) >= 11 is 0. The normalized spacial score (nSPS) is 15.4. The zero-order valence-corrected chi connectivity index (χ0v) is 12.8. The first-order valence-electron chi connectivity index (χ1n) is 7.37. The van der Waals surface area contributed by atoms with Gasteiger partial charge in [0.05, 0.1) is 0 Å². The fourth-order valence-electron chi connectivity index (χ4n) is 2.14. The molecule has 1 fully saturated rings. The average molecular weight is 262 g/mol. The van der Waals surface area contributed by atoms with Gasteiger partial charge in [-0.1, -0.05) is 13.8 Å². The standard InChI is InChI=1S/C15H26N4/c1-6-15(4,7-2)19-13-10(3)12(16-5)17-14(18-13)11-8-9-11/h11H,6-9H2,1-5H3,(H2,16,17,18,19). The smallest absolute Gasteiger partial charge is 0.136 e. The molecule has 1 aromatic rings. The van der Waals surface area contributed by atoms with Crippen LogP contribution in [-0.4, -0.2) is 22.6 Å². The zero-order valence-electron chi connectivity index (χ0n) is 12.8. The van der Waals surface area contributed by atoms with E-state index in [1.165, 1.54) is 12.8 Å². The highest BCUT2D eigenvalue weighted by Crippen LogP contribution is 2.40. The van der Waals surface area contributed by atoms with E-state index in [0.29, 0.717) is 5.92 Å². The number of nitrogens with one attached hydrogen (secondary N) is 2. The molecule has 1 aliphatic rings. The van der Waals surface area contributed by atoms with Crippen molar-refractivity contribution < 1.29 is 0 Å². The molecule has 1 heterocycles.